The highest BCUT2D eigenvalue weighted by atomic mass is 35.5. The number of aliphatic imine (C=N–C) groups is 1. The summed E-state index contributed by atoms with van der Waals surface area (Å²) in [5.41, 5.74) is 2.70. The standard InChI is InChI=1S/C18H15ClN2O2S/c1-2-23-17-9-12(3-8-16(17)22)10-20-18-21-15(11-24-18)13-4-6-14(19)7-5-13/h3-11,22H,2H2,1H3. The van der Waals surface area contributed by atoms with Crippen LogP contribution in [0, 0.1) is 0 Å². The predicted molar refractivity (Wildman–Crippen MR) is 99.1 cm³/mol. The summed E-state index contributed by atoms with van der Waals surface area (Å²) in [5.74, 6) is 0.565. The van der Waals surface area contributed by atoms with Crippen LogP contribution < -0.4 is 4.74 Å². The molecule has 0 aliphatic heterocycles. The average Bonchev–Trinajstić information content (AvgIpc) is 3.05. The van der Waals surface area contributed by atoms with Crippen LogP contribution in [0.15, 0.2) is 52.8 Å². The quantitative estimate of drug-likeness (QED) is 0.628. The van der Waals surface area contributed by atoms with Gasteiger partial charge >= 0.3 is 0 Å². The first kappa shape index (κ1) is 16.5. The molecule has 0 radical (unpaired) electrons. The van der Waals surface area contributed by atoms with Crippen LogP contribution in [0.1, 0.15) is 12.5 Å². The van der Waals surface area contributed by atoms with Crippen LogP contribution in [0.2, 0.25) is 5.02 Å². The first-order valence-corrected chi connectivity index (χ1v) is 8.63. The van der Waals surface area contributed by atoms with Crippen molar-refractivity contribution in [3.63, 3.8) is 0 Å². The summed E-state index contributed by atoms with van der Waals surface area (Å²) in [7, 11) is 0. The van der Waals surface area contributed by atoms with E-state index in [0.717, 1.165) is 16.8 Å². The number of phenols is 1. The largest absolute Gasteiger partial charge is 0.504 e. The maximum Gasteiger partial charge on any atom is 0.209 e. The van der Waals surface area contributed by atoms with Crippen LogP contribution in [-0.2, 0) is 0 Å². The zero-order valence-electron chi connectivity index (χ0n) is 12.9. The van der Waals surface area contributed by atoms with Crippen molar-refractivity contribution in [3.05, 3.63) is 58.4 Å². The summed E-state index contributed by atoms with van der Waals surface area (Å²) in [4.78, 5) is 8.89. The van der Waals surface area contributed by atoms with Gasteiger partial charge in [-0.2, -0.15) is 0 Å². The third-order valence-corrected chi connectivity index (χ3v) is 4.24. The van der Waals surface area contributed by atoms with Crippen molar-refractivity contribution in [2.45, 2.75) is 6.92 Å². The van der Waals surface area contributed by atoms with Crippen LogP contribution >= 0.6 is 22.9 Å². The van der Waals surface area contributed by atoms with E-state index in [1.165, 1.54) is 11.3 Å². The smallest absolute Gasteiger partial charge is 0.209 e. The monoisotopic (exact) mass is 358 g/mol. The molecule has 1 heterocycles. The molecule has 0 saturated carbocycles. The van der Waals surface area contributed by atoms with Crippen molar-refractivity contribution in [1.29, 1.82) is 0 Å². The van der Waals surface area contributed by atoms with E-state index in [0.29, 0.717) is 22.5 Å². The molecule has 4 nitrogen and oxygen atoms in total. The van der Waals surface area contributed by atoms with Crippen LogP contribution in [0.4, 0.5) is 5.13 Å². The first-order valence-electron chi connectivity index (χ1n) is 7.37. The molecule has 122 valence electrons. The SMILES string of the molecule is CCOc1cc(C=Nc2nc(-c3ccc(Cl)cc3)cs2)ccc1O. The van der Waals surface area contributed by atoms with E-state index < -0.39 is 0 Å². The van der Waals surface area contributed by atoms with Crippen LogP contribution in [0.25, 0.3) is 11.3 Å². The highest BCUT2D eigenvalue weighted by Gasteiger charge is 2.05. The minimum absolute atomic E-state index is 0.119. The van der Waals surface area contributed by atoms with Crippen molar-refractivity contribution in [2.24, 2.45) is 4.99 Å². The third-order valence-electron chi connectivity index (χ3n) is 3.24. The molecule has 0 atom stereocenters. The van der Waals surface area contributed by atoms with Gasteiger partial charge in [0.15, 0.2) is 11.5 Å². The van der Waals surface area contributed by atoms with E-state index in [2.05, 4.69) is 9.98 Å². The van der Waals surface area contributed by atoms with E-state index in [9.17, 15) is 5.11 Å². The maximum absolute atomic E-state index is 9.71. The number of nitrogens with zero attached hydrogens (tertiary/aromatic N) is 2. The third kappa shape index (κ3) is 3.93. The van der Waals surface area contributed by atoms with E-state index in [4.69, 9.17) is 16.3 Å². The van der Waals surface area contributed by atoms with Crippen molar-refractivity contribution in [2.75, 3.05) is 6.61 Å². The molecule has 0 unspecified atom stereocenters. The summed E-state index contributed by atoms with van der Waals surface area (Å²) in [6.07, 6.45) is 1.70. The Balaban J connectivity index is 1.78. The number of aromatic nitrogens is 1. The molecule has 0 spiro atoms. The Labute approximate surface area is 149 Å². The van der Waals surface area contributed by atoms with E-state index in [1.807, 2.05) is 36.6 Å². The molecule has 0 fully saturated rings. The second-order valence-electron chi connectivity index (χ2n) is 4.94. The Bertz CT molecular complexity index is 860. The molecule has 0 aliphatic carbocycles. The molecule has 0 amide bonds. The van der Waals surface area contributed by atoms with Crippen molar-refractivity contribution >= 4 is 34.3 Å². The fraction of sp³-hybridized carbons (Fsp3) is 0.111. The molecule has 3 rings (SSSR count). The molecule has 0 saturated heterocycles. The lowest BCUT2D eigenvalue weighted by molar-refractivity contribution is 0.318. The number of rotatable bonds is 5. The lowest BCUT2D eigenvalue weighted by Gasteiger charge is -2.05. The Morgan fingerprint density at radius 1 is 1.25 bits per heavy atom. The number of hydrogen-bond acceptors (Lipinski definition) is 5. The van der Waals surface area contributed by atoms with Gasteiger partial charge in [-0.3, -0.25) is 0 Å². The molecule has 6 heteroatoms. The zero-order valence-corrected chi connectivity index (χ0v) is 14.5. The summed E-state index contributed by atoms with van der Waals surface area (Å²) in [6, 6.07) is 12.6. The Kier molecular flexibility index (Phi) is 5.13. The van der Waals surface area contributed by atoms with E-state index >= 15 is 0 Å². The molecular formula is C18H15ClN2O2S. The molecule has 3 aromatic rings. The van der Waals surface area contributed by atoms with Gasteiger partial charge in [-0.05, 0) is 42.8 Å². The van der Waals surface area contributed by atoms with Gasteiger partial charge in [0, 0.05) is 22.2 Å². The average molecular weight is 359 g/mol. The summed E-state index contributed by atoms with van der Waals surface area (Å²) < 4.78 is 5.37. The minimum Gasteiger partial charge on any atom is -0.504 e. The van der Waals surface area contributed by atoms with Gasteiger partial charge in [0.2, 0.25) is 5.13 Å². The van der Waals surface area contributed by atoms with Crippen LogP contribution in [-0.4, -0.2) is 22.9 Å². The summed E-state index contributed by atoms with van der Waals surface area (Å²) in [6.45, 7) is 2.36. The van der Waals surface area contributed by atoms with Crippen LogP contribution in [0.3, 0.4) is 0 Å². The predicted octanol–water partition coefficient (Wildman–Crippen LogP) is 5.32. The van der Waals surface area contributed by atoms with Crippen molar-refractivity contribution in [1.82, 2.24) is 4.98 Å². The molecule has 24 heavy (non-hydrogen) atoms. The number of ether oxygens (including phenoxy) is 1. The number of hydrogen-bond donors (Lipinski definition) is 1. The molecule has 1 aromatic heterocycles. The van der Waals surface area contributed by atoms with Gasteiger partial charge in [-0.25, -0.2) is 9.98 Å². The first-order chi connectivity index (χ1) is 11.7. The van der Waals surface area contributed by atoms with Gasteiger partial charge in [-0.15, -0.1) is 11.3 Å². The van der Waals surface area contributed by atoms with E-state index in [-0.39, 0.29) is 5.75 Å². The lowest BCUT2D eigenvalue weighted by Crippen LogP contribution is -1.93. The Morgan fingerprint density at radius 2 is 2.04 bits per heavy atom. The Hall–Kier alpha value is -2.37. The maximum atomic E-state index is 9.71. The van der Waals surface area contributed by atoms with Gasteiger partial charge in [0.25, 0.3) is 0 Å². The second kappa shape index (κ2) is 7.47. The fourth-order valence-electron chi connectivity index (χ4n) is 2.09. The number of benzene rings is 2. The van der Waals surface area contributed by atoms with Gasteiger partial charge in [0.05, 0.1) is 12.3 Å². The minimum atomic E-state index is 0.119. The highest BCUT2D eigenvalue weighted by Crippen LogP contribution is 2.29. The van der Waals surface area contributed by atoms with Gasteiger partial charge in [0.1, 0.15) is 0 Å². The number of aromatic hydroxyl groups is 1. The van der Waals surface area contributed by atoms with Crippen molar-refractivity contribution < 1.29 is 9.84 Å². The van der Waals surface area contributed by atoms with Crippen molar-refractivity contribution in [3.8, 4) is 22.8 Å². The summed E-state index contributed by atoms with van der Waals surface area (Å²) >= 11 is 7.36. The molecule has 0 bridgehead atoms. The molecule has 0 aliphatic rings. The van der Waals surface area contributed by atoms with Gasteiger partial charge < -0.3 is 9.84 Å². The zero-order chi connectivity index (χ0) is 16.9. The molecule has 1 N–H and O–H groups in total. The normalized spacial score (nSPS) is 11.1. The van der Waals surface area contributed by atoms with Crippen LogP contribution in [0.5, 0.6) is 11.5 Å². The van der Waals surface area contributed by atoms with E-state index in [1.54, 1.807) is 24.4 Å². The van der Waals surface area contributed by atoms with Gasteiger partial charge in [-0.1, -0.05) is 23.7 Å². The number of phenolic OH excluding ortho intramolecular Hbond substituents is 1. The highest BCUT2D eigenvalue weighted by molar-refractivity contribution is 7.13. The fourth-order valence-corrected chi connectivity index (χ4v) is 2.89. The summed E-state index contributed by atoms with van der Waals surface area (Å²) in [5, 5.41) is 13.0. The topological polar surface area (TPSA) is 54.7 Å². The number of halogens is 1. The molecule has 2 aromatic carbocycles. The second-order valence-corrected chi connectivity index (χ2v) is 6.21. The Morgan fingerprint density at radius 3 is 2.79 bits per heavy atom. The lowest BCUT2D eigenvalue weighted by atomic mass is 10.2. The molecular weight excluding hydrogens is 344 g/mol. The number of thiazole rings is 1.